The minimum absolute atomic E-state index is 0.0797. The van der Waals surface area contributed by atoms with Gasteiger partial charge in [0, 0.05) is 49.2 Å². The Hall–Kier alpha value is -2.87. The first-order chi connectivity index (χ1) is 14.5. The lowest BCUT2D eigenvalue weighted by atomic mass is 9.95. The number of anilines is 1. The van der Waals surface area contributed by atoms with E-state index in [1.807, 2.05) is 11.8 Å². The largest absolute Gasteiger partial charge is 0.358 e. The molecule has 3 aliphatic rings. The van der Waals surface area contributed by atoms with Gasteiger partial charge in [-0.25, -0.2) is 4.98 Å². The van der Waals surface area contributed by atoms with Gasteiger partial charge in [0.2, 0.25) is 0 Å². The van der Waals surface area contributed by atoms with Crippen LogP contribution in [0.5, 0.6) is 0 Å². The van der Waals surface area contributed by atoms with Crippen molar-refractivity contribution in [2.75, 3.05) is 38.0 Å². The molecule has 3 aliphatic heterocycles. The number of nitrogens with zero attached hydrogens (tertiary/aromatic N) is 3. The maximum atomic E-state index is 13.2. The summed E-state index contributed by atoms with van der Waals surface area (Å²) in [4.78, 5) is 37.6. The first-order valence-electron chi connectivity index (χ1n) is 10.5. The first-order valence-corrected chi connectivity index (χ1v) is 10.5. The third-order valence-electron chi connectivity index (χ3n) is 6.35. The fourth-order valence-electron chi connectivity index (χ4n) is 4.66. The first kappa shape index (κ1) is 19.1. The lowest BCUT2D eigenvalue weighted by Crippen LogP contribution is -2.42. The van der Waals surface area contributed by atoms with Gasteiger partial charge in [-0.1, -0.05) is 11.5 Å². The van der Waals surface area contributed by atoms with Crippen molar-refractivity contribution in [2.24, 2.45) is 0 Å². The van der Waals surface area contributed by atoms with Crippen molar-refractivity contribution >= 4 is 42.6 Å². The van der Waals surface area contributed by atoms with Crippen LogP contribution < -0.4 is 10.8 Å². The van der Waals surface area contributed by atoms with Crippen molar-refractivity contribution in [2.45, 2.75) is 26.2 Å². The second-order valence-corrected chi connectivity index (χ2v) is 8.29. The van der Waals surface area contributed by atoms with Crippen molar-refractivity contribution in [3.05, 3.63) is 40.3 Å². The lowest BCUT2D eigenvalue weighted by molar-refractivity contribution is -0.110. The molecule has 0 unspecified atom stereocenters. The van der Waals surface area contributed by atoms with E-state index >= 15 is 0 Å². The number of nitrogens with one attached hydrogen (secondary N) is 2. The molecule has 0 atom stereocenters. The molecule has 5 heterocycles. The number of hydrogen-bond acceptors (Lipinski definition) is 4. The molecule has 5 rings (SSSR count). The molecular formula is C22H24BN5O2. The molecule has 152 valence electrons. The highest BCUT2D eigenvalue weighted by molar-refractivity contribution is 6.37. The van der Waals surface area contributed by atoms with E-state index in [-0.39, 0.29) is 11.8 Å². The lowest BCUT2D eigenvalue weighted by Gasteiger charge is -2.29. The Labute approximate surface area is 176 Å². The number of fused-ring (bicyclic) bond motifs is 2. The summed E-state index contributed by atoms with van der Waals surface area (Å²) in [5.41, 5.74) is 5.06. The molecule has 2 aromatic heterocycles. The van der Waals surface area contributed by atoms with Crippen LogP contribution >= 0.6 is 0 Å². The van der Waals surface area contributed by atoms with E-state index in [2.05, 4.69) is 20.2 Å². The maximum Gasteiger partial charge on any atom is 0.257 e. The summed E-state index contributed by atoms with van der Waals surface area (Å²) in [5, 5.41) is 2.77. The summed E-state index contributed by atoms with van der Waals surface area (Å²) in [7, 11) is 5.86. The number of amides is 2. The number of pyridine rings is 1. The van der Waals surface area contributed by atoms with Crippen LogP contribution in [0.3, 0.4) is 0 Å². The van der Waals surface area contributed by atoms with Crippen molar-refractivity contribution in [3.63, 3.8) is 0 Å². The number of rotatable bonds is 4. The van der Waals surface area contributed by atoms with Crippen LogP contribution in [0.15, 0.2) is 12.3 Å². The maximum absolute atomic E-state index is 13.2. The molecule has 1 fully saturated rings. The van der Waals surface area contributed by atoms with Crippen LogP contribution in [0, 0.1) is 6.92 Å². The zero-order chi connectivity index (χ0) is 20.8. The summed E-state index contributed by atoms with van der Waals surface area (Å²) in [5.74, 6) is 0.378. The zero-order valence-corrected chi connectivity index (χ0v) is 17.1. The van der Waals surface area contributed by atoms with E-state index in [1.165, 1.54) is 19.0 Å². The number of likely N-dealkylation sites (tertiary alicyclic amines) is 1. The minimum Gasteiger partial charge on any atom is -0.358 e. The Morgan fingerprint density at radius 2 is 2.00 bits per heavy atom. The molecular weight excluding hydrogens is 377 g/mol. The Kier molecular flexibility index (Phi) is 4.74. The average molecular weight is 401 g/mol. The van der Waals surface area contributed by atoms with Gasteiger partial charge in [-0.2, -0.15) is 0 Å². The Morgan fingerprint density at radius 1 is 1.20 bits per heavy atom. The molecule has 0 aliphatic carbocycles. The van der Waals surface area contributed by atoms with Crippen molar-refractivity contribution in [3.8, 4) is 0 Å². The molecule has 7 nitrogen and oxygen atoms in total. The highest BCUT2D eigenvalue weighted by atomic mass is 16.2. The third kappa shape index (κ3) is 3.25. The molecule has 0 aromatic carbocycles. The molecule has 8 heteroatoms. The summed E-state index contributed by atoms with van der Waals surface area (Å²) >= 11 is 0. The van der Waals surface area contributed by atoms with E-state index < -0.39 is 0 Å². The van der Waals surface area contributed by atoms with Crippen molar-refractivity contribution in [1.29, 1.82) is 0 Å². The number of carbonyl (C=O) groups excluding carboxylic acids is 2. The standard InChI is InChI=1S/C22H24BN5O2/c1-13-18(11-16-15-10-14(23)12-24-20(15)26-21(16)29)25-17-4-7-28(22(30)19(13)17)9-8-27-5-2-3-6-27/h10-12,25H,2-9H2,1H3,(H,24,26,29)/b16-11-. The molecule has 0 bridgehead atoms. The van der Waals surface area contributed by atoms with Crippen LogP contribution in [0.2, 0.25) is 0 Å². The number of hydrogen-bond donors (Lipinski definition) is 2. The molecule has 2 radical (unpaired) electrons. The highest BCUT2D eigenvalue weighted by Crippen LogP contribution is 2.33. The number of H-pyrrole nitrogens is 1. The number of aromatic nitrogens is 2. The number of carbonyl (C=O) groups is 2. The quantitative estimate of drug-likeness (QED) is 0.594. The monoisotopic (exact) mass is 401 g/mol. The highest BCUT2D eigenvalue weighted by Gasteiger charge is 2.31. The van der Waals surface area contributed by atoms with E-state index in [9.17, 15) is 9.59 Å². The topological polar surface area (TPSA) is 81.3 Å². The van der Waals surface area contributed by atoms with E-state index in [0.717, 1.165) is 61.7 Å². The van der Waals surface area contributed by atoms with Crippen LogP contribution in [-0.2, 0) is 11.2 Å². The van der Waals surface area contributed by atoms with Gasteiger partial charge in [-0.15, -0.1) is 0 Å². The Balaban J connectivity index is 1.42. The van der Waals surface area contributed by atoms with Gasteiger partial charge < -0.3 is 20.1 Å². The van der Waals surface area contributed by atoms with Gasteiger partial charge in [-0.05, 0) is 44.5 Å². The predicted octanol–water partition coefficient (Wildman–Crippen LogP) is 1.10. The van der Waals surface area contributed by atoms with Crippen LogP contribution in [0.4, 0.5) is 5.82 Å². The minimum atomic E-state index is -0.214. The van der Waals surface area contributed by atoms with Crippen molar-refractivity contribution < 1.29 is 9.59 Å². The summed E-state index contributed by atoms with van der Waals surface area (Å²) in [6, 6.07) is 1.75. The SMILES string of the molecule is [B]c1cnc2c(c1)/C(=C/c1[nH]c3c(c1C)C(=O)N(CCN1CCCC1)CC3)C(=O)N2. The van der Waals surface area contributed by atoms with Crippen LogP contribution in [0.1, 0.15) is 45.7 Å². The molecule has 0 saturated carbocycles. The van der Waals surface area contributed by atoms with Gasteiger partial charge in [-0.3, -0.25) is 9.59 Å². The summed E-state index contributed by atoms with van der Waals surface area (Å²) in [6.45, 7) is 6.63. The fourth-order valence-corrected chi connectivity index (χ4v) is 4.66. The second kappa shape index (κ2) is 7.43. The Morgan fingerprint density at radius 3 is 2.80 bits per heavy atom. The number of aromatic amines is 1. The van der Waals surface area contributed by atoms with Crippen LogP contribution in [-0.4, -0.2) is 72.2 Å². The zero-order valence-electron chi connectivity index (χ0n) is 17.1. The fraction of sp³-hybridized carbons (Fsp3) is 0.409. The van der Waals surface area contributed by atoms with Crippen molar-refractivity contribution in [1.82, 2.24) is 19.8 Å². The predicted molar refractivity (Wildman–Crippen MR) is 117 cm³/mol. The molecule has 0 spiro atoms. The molecule has 1 saturated heterocycles. The average Bonchev–Trinajstić information content (AvgIpc) is 3.42. The van der Waals surface area contributed by atoms with Gasteiger partial charge in [0.25, 0.3) is 11.8 Å². The molecule has 2 aromatic rings. The van der Waals surface area contributed by atoms with Gasteiger partial charge in [0.1, 0.15) is 13.7 Å². The van der Waals surface area contributed by atoms with Crippen LogP contribution in [0.25, 0.3) is 11.6 Å². The Bertz CT molecular complexity index is 1070. The van der Waals surface area contributed by atoms with E-state index in [4.69, 9.17) is 7.85 Å². The van der Waals surface area contributed by atoms with E-state index in [1.54, 1.807) is 12.1 Å². The third-order valence-corrected chi connectivity index (χ3v) is 6.35. The molecule has 2 N–H and O–H groups in total. The van der Waals surface area contributed by atoms with Gasteiger partial charge in [0.15, 0.2) is 0 Å². The normalized spacial score (nSPS) is 20.0. The molecule has 2 amide bonds. The second-order valence-electron chi connectivity index (χ2n) is 8.29. The van der Waals surface area contributed by atoms with Gasteiger partial charge in [0.05, 0.1) is 11.1 Å². The van der Waals surface area contributed by atoms with E-state index in [0.29, 0.717) is 22.4 Å². The summed E-state index contributed by atoms with van der Waals surface area (Å²) < 4.78 is 0. The van der Waals surface area contributed by atoms with Gasteiger partial charge >= 0.3 is 0 Å². The molecule has 30 heavy (non-hydrogen) atoms. The smallest absolute Gasteiger partial charge is 0.257 e. The summed E-state index contributed by atoms with van der Waals surface area (Å²) in [6.07, 6.45) is 6.63.